The first-order valence-electron chi connectivity index (χ1n) is 10.4. The fraction of sp³-hybridized carbons (Fsp3) is 0.333. The average molecular weight is 399 g/mol. The molecule has 4 aromatic rings. The lowest BCUT2D eigenvalue weighted by molar-refractivity contribution is 0.602. The third kappa shape index (κ3) is 3.12. The van der Waals surface area contributed by atoms with Crippen molar-refractivity contribution in [2.45, 2.75) is 53.1 Å². The first-order chi connectivity index (χ1) is 14.4. The minimum atomic E-state index is 0.133. The summed E-state index contributed by atoms with van der Waals surface area (Å²) in [6.45, 7) is 10.2. The molecule has 2 N–H and O–H groups in total. The van der Waals surface area contributed by atoms with Crippen LogP contribution < -0.4 is 10.6 Å². The van der Waals surface area contributed by atoms with Crippen molar-refractivity contribution in [3.8, 4) is 0 Å². The van der Waals surface area contributed by atoms with E-state index in [-0.39, 0.29) is 6.04 Å². The molecule has 30 heavy (non-hydrogen) atoms. The van der Waals surface area contributed by atoms with Gasteiger partial charge in [0.1, 0.15) is 0 Å². The minimum absolute atomic E-state index is 0.133. The second-order valence-corrected chi connectivity index (χ2v) is 8.36. The maximum atomic E-state index is 4.91. The van der Waals surface area contributed by atoms with Crippen molar-refractivity contribution in [1.82, 2.24) is 19.9 Å². The van der Waals surface area contributed by atoms with Crippen LogP contribution in [0.5, 0.6) is 0 Å². The molecule has 1 aliphatic rings. The van der Waals surface area contributed by atoms with E-state index in [0.29, 0.717) is 6.04 Å². The van der Waals surface area contributed by atoms with Crippen LogP contribution in [0, 0.1) is 27.7 Å². The molecule has 0 bridgehead atoms. The molecule has 6 heteroatoms. The van der Waals surface area contributed by atoms with E-state index in [1.807, 2.05) is 33.8 Å². The minimum Gasteiger partial charge on any atom is -0.382 e. The summed E-state index contributed by atoms with van der Waals surface area (Å²) in [7, 11) is 0. The van der Waals surface area contributed by atoms with Crippen LogP contribution in [0.3, 0.4) is 0 Å². The Kier molecular flexibility index (Phi) is 4.31. The zero-order valence-electron chi connectivity index (χ0n) is 18.0. The molecule has 2 unspecified atom stereocenters. The van der Waals surface area contributed by atoms with E-state index >= 15 is 0 Å². The third-order valence-electron chi connectivity index (χ3n) is 6.04. The first kappa shape index (κ1) is 18.7. The molecule has 0 saturated carbocycles. The van der Waals surface area contributed by atoms with Gasteiger partial charge >= 0.3 is 0 Å². The van der Waals surface area contributed by atoms with Gasteiger partial charge in [0.2, 0.25) is 0 Å². The van der Waals surface area contributed by atoms with Crippen molar-refractivity contribution in [1.29, 1.82) is 0 Å². The van der Waals surface area contributed by atoms with Gasteiger partial charge in [0.05, 0.1) is 50.9 Å². The Hall–Kier alpha value is -3.28. The van der Waals surface area contributed by atoms with Gasteiger partial charge in [-0.2, -0.15) is 0 Å². The van der Waals surface area contributed by atoms with Crippen LogP contribution in [0.4, 0.5) is 11.4 Å². The fourth-order valence-electron chi connectivity index (χ4n) is 4.24. The molecule has 3 heterocycles. The van der Waals surface area contributed by atoms with Gasteiger partial charge in [-0.3, -0.25) is 0 Å². The SMILES string of the molecule is Cc1nc2ccc(NC3CC(C)Nc4ccc5nc(C)c(C)nc5c43)cc2nc1C. The topological polar surface area (TPSA) is 75.6 Å². The van der Waals surface area contributed by atoms with E-state index in [2.05, 4.69) is 46.8 Å². The normalized spacial score (nSPS) is 18.3. The van der Waals surface area contributed by atoms with Crippen molar-refractivity contribution < 1.29 is 0 Å². The summed E-state index contributed by atoms with van der Waals surface area (Å²) in [5, 5.41) is 7.36. The van der Waals surface area contributed by atoms with Gasteiger partial charge in [-0.1, -0.05) is 0 Å². The zero-order chi connectivity index (χ0) is 21.0. The molecule has 2 aromatic heterocycles. The van der Waals surface area contributed by atoms with Crippen molar-refractivity contribution in [3.05, 3.63) is 58.7 Å². The number of anilines is 2. The van der Waals surface area contributed by atoms with Gasteiger partial charge in [-0.05, 0) is 71.4 Å². The molecule has 6 nitrogen and oxygen atoms in total. The molecule has 152 valence electrons. The van der Waals surface area contributed by atoms with Gasteiger partial charge in [-0.25, -0.2) is 19.9 Å². The molecular weight excluding hydrogens is 372 g/mol. The number of aryl methyl sites for hydroxylation is 4. The van der Waals surface area contributed by atoms with Gasteiger partial charge in [0, 0.05) is 23.0 Å². The zero-order valence-corrected chi connectivity index (χ0v) is 18.0. The van der Waals surface area contributed by atoms with Crippen molar-refractivity contribution >= 4 is 33.4 Å². The van der Waals surface area contributed by atoms with E-state index in [0.717, 1.165) is 62.6 Å². The van der Waals surface area contributed by atoms with Gasteiger partial charge in [0.25, 0.3) is 0 Å². The molecule has 0 amide bonds. The number of nitrogens with zero attached hydrogens (tertiary/aromatic N) is 4. The highest BCUT2D eigenvalue weighted by Gasteiger charge is 2.27. The summed E-state index contributed by atoms with van der Waals surface area (Å²) in [6, 6.07) is 10.9. The predicted octanol–water partition coefficient (Wildman–Crippen LogP) is 5.16. The van der Waals surface area contributed by atoms with Gasteiger partial charge < -0.3 is 10.6 Å². The lowest BCUT2D eigenvalue weighted by Crippen LogP contribution is -2.29. The largest absolute Gasteiger partial charge is 0.382 e. The summed E-state index contributed by atoms with van der Waals surface area (Å²) >= 11 is 0. The summed E-state index contributed by atoms with van der Waals surface area (Å²) < 4.78 is 0. The van der Waals surface area contributed by atoms with Crippen molar-refractivity contribution in [2.75, 3.05) is 10.6 Å². The maximum Gasteiger partial charge on any atom is 0.0963 e. The Morgan fingerprint density at radius 2 is 1.43 bits per heavy atom. The molecule has 0 fully saturated rings. The van der Waals surface area contributed by atoms with Crippen LogP contribution in [0.2, 0.25) is 0 Å². The molecular formula is C24H26N6. The highest BCUT2D eigenvalue weighted by atomic mass is 15.0. The average Bonchev–Trinajstić information content (AvgIpc) is 2.69. The van der Waals surface area contributed by atoms with Crippen LogP contribution in [0.1, 0.15) is 47.7 Å². The summed E-state index contributed by atoms with van der Waals surface area (Å²) in [4.78, 5) is 19.1. The highest BCUT2D eigenvalue weighted by Crippen LogP contribution is 2.39. The molecule has 0 spiro atoms. The lowest BCUT2D eigenvalue weighted by atomic mass is 9.92. The van der Waals surface area contributed by atoms with E-state index in [9.17, 15) is 0 Å². The second kappa shape index (κ2) is 6.90. The van der Waals surface area contributed by atoms with Crippen LogP contribution in [-0.4, -0.2) is 26.0 Å². The number of benzene rings is 2. The molecule has 1 aliphatic heterocycles. The number of hydrogen-bond acceptors (Lipinski definition) is 6. The third-order valence-corrected chi connectivity index (χ3v) is 6.04. The van der Waals surface area contributed by atoms with E-state index < -0.39 is 0 Å². The second-order valence-electron chi connectivity index (χ2n) is 8.36. The molecule has 2 atom stereocenters. The molecule has 0 aliphatic carbocycles. The van der Waals surface area contributed by atoms with Gasteiger partial charge in [-0.15, -0.1) is 0 Å². The maximum absolute atomic E-state index is 4.91. The first-order valence-corrected chi connectivity index (χ1v) is 10.4. The van der Waals surface area contributed by atoms with E-state index in [1.54, 1.807) is 0 Å². The van der Waals surface area contributed by atoms with Crippen LogP contribution in [0.15, 0.2) is 30.3 Å². The molecule has 5 rings (SSSR count). The summed E-state index contributed by atoms with van der Waals surface area (Å²) in [6.07, 6.45) is 0.956. The monoisotopic (exact) mass is 398 g/mol. The lowest BCUT2D eigenvalue weighted by Gasteiger charge is -2.33. The number of fused-ring (bicyclic) bond motifs is 4. The molecule has 2 aromatic carbocycles. The highest BCUT2D eigenvalue weighted by molar-refractivity contribution is 5.86. The van der Waals surface area contributed by atoms with Gasteiger partial charge in [0.15, 0.2) is 0 Å². The van der Waals surface area contributed by atoms with Crippen LogP contribution in [-0.2, 0) is 0 Å². The van der Waals surface area contributed by atoms with Crippen molar-refractivity contribution in [2.24, 2.45) is 0 Å². The Morgan fingerprint density at radius 1 is 0.800 bits per heavy atom. The van der Waals surface area contributed by atoms with Crippen molar-refractivity contribution in [3.63, 3.8) is 0 Å². The predicted molar refractivity (Wildman–Crippen MR) is 122 cm³/mol. The quantitative estimate of drug-likeness (QED) is 0.485. The number of hydrogen-bond donors (Lipinski definition) is 2. The summed E-state index contributed by atoms with van der Waals surface area (Å²) in [5.74, 6) is 0. The van der Waals surface area contributed by atoms with E-state index in [4.69, 9.17) is 15.0 Å². The Morgan fingerprint density at radius 3 is 2.20 bits per heavy atom. The summed E-state index contributed by atoms with van der Waals surface area (Å²) in [5.41, 5.74) is 11.0. The molecule has 0 saturated heterocycles. The number of nitrogens with one attached hydrogen (secondary N) is 2. The Bertz CT molecular complexity index is 1300. The van der Waals surface area contributed by atoms with Crippen LogP contribution in [0.25, 0.3) is 22.1 Å². The smallest absolute Gasteiger partial charge is 0.0963 e. The Labute approximate surface area is 176 Å². The number of aromatic nitrogens is 4. The Balaban J connectivity index is 1.60. The van der Waals surface area contributed by atoms with E-state index in [1.165, 1.54) is 5.56 Å². The molecule has 0 radical (unpaired) electrons. The number of rotatable bonds is 2. The standard InChI is InChI=1S/C24H26N6/c1-12-10-22(30-17-6-7-18-21(11-17)28-14(3)13(2)26-18)23-19(25-12)8-9-20-24(23)29-16(5)15(4)27-20/h6-9,11-12,22,25,30H,10H2,1-5H3. The van der Waals surface area contributed by atoms with Crippen LogP contribution >= 0.6 is 0 Å². The fourth-order valence-corrected chi connectivity index (χ4v) is 4.24.